The number of likely N-dealkylation sites (tertiary alicyclic amines) is 1. The number of hydrogen-bond acceptors (Lipinski definition) is 2. The fourth-order valence-corrected chi connectivity index (χ4v) is 2.92. The molecule has 0 amide bonds. The second kappa shape index (κ2) is 5.86. The van der Waals surface area contributed by atoms with Crippen molar-refractivity contribution in [2.24, 2.45) is 0 Å². The van der Waals surface area contributed by atoms with Gasteiger partial charge in [-0.25, -0.2) is 4.39 Å². The third-order valence-electron chi connectivity index (χ3n) is 4.30. The summed E-state index contributed by atoms with van der Waals surface area (Å²) in [5, 5.41) is 0. The van der Waals surface area contributed by atoms with E-state index in [0.29, 0.717) is 6.04 Å². The molecule has 2 aromatic carbocycles. The van der Waals surface area contributed by atoms with E-state index in [9.17, 15) is 4.39 Å². The summed E-state index contributed by atoms with van der Waals surface area (Å²) >= 11 is 0. The fourth-order valence-electron chi connectivity index (χ4n) is 2.92. The van der Waals surface area contributed by atoms with Crippen molar-refractivity contribution in [2.75, 3.05) is 25.0 Å². The molecule has 1 aliphatic rings. The molecule has 0 saturated carbocycles. The Balaban J connectivity index is 1.56. The van der Waals surface area contributed by atoms with Gasteiger partial charge in [-0.2, -0.15) is 0 Å². The summed E-state index contributed by atoms with van der Waals surface area (Å²) in [6.07, 6.45) is 0. The Hall–Kier alpha value is -1.87. The third-order valence-corrected chi connectivity index (χ3v) is 4.30. The topological polar surface area (TPSA) is 6.48 Å². The third kappa shape index (κ3) is 3.08. The summed E-state index contributed by atoms with van der Waals surface area (Å²) in [6.45, 7) is 5.17. The van der Waals surface area contributed by atoms with Gasteiger partial charge in [0.2, 0.25) is 0 Å². The molecule has 1 fully saturated rings. The number of para-hydroxylation sites is 1. The van der Waals surface area contributed by atoms with Gasteiger partial charge in [0.05, 0.1) is 6.04 Å². The zero-order valence-corrected chi connectivity index (χ0v) is 12.6. The zero-order chi connectivity index (χ0) is 14.8. The molecular formula is C18H21FN2. The van der Waals surface area contributed by atoms with Gasteiger partial charge >= 0.3 is 0 Å². The van der Waals surface area contributed by atoms with Crippen molar-refractivity contribution < 1.29 is 4.39 Å². The van der Waals surface area contributed by atoms with Crippen LogP contribution in [0.3, 0.4) is 0 Å². The lowest BCUT2D eigenvalue weighted by Gasteiger charge is -2.45. The molecule has 0 aromatic heterocycles. The lowest BCUT2D eigenvalue weighted by molar-refractivity contribution is 0.139. The monoisotopic (exact) mass is 284 g/mol. The quantitative estimate of drug-likeness (QED) is 0.848. The Morgan fingerprint density at radius 1 is 1.10 bits per heavy atom. The molecule has 21 heavy (non-hydrogen) atoms. The van der Waals surface area contributed by atoms with E-state index >= 15 is 0 Å². The first-order valence-corrected chi connectivity index (χ1v) is 7.39. The van der Waals surface area contributed by atoms with Gasteiger partial charge in [0, 0.05) is 32.4 Å². The highest BCUT2D eigenvalue weighted by Crippen LogP contribution is 2.25. The Morgan fingerprint density at radius 3 is 2.43 bits per heavy atom. The van der Waals surface area contributed by atoms with Crippen molar-refractivity contribution in [1.29, 1.82) is 0 Å². The lowest BCUT2D eigenvalue weighted by Crippen LogP contribution is -2.58. The number of rotatable bonds is 4. The Kier molecular flexibility index (Phi) is 3.93. The first-order valence-electron chi connectivity index (χ1n) is 7.39. The van der Waals surface area contributed by atoms with Crippen molar-refractivity contribution in [3.63, 3.8) is 0 Å². The molecule has 0 unspecified atom stereocenters. The molecule has 1 saturated heterocycles. The van der Waals surface area contributed by atoms with E-state index in [1.165, 1.54) is 28.9 Å². The Morgan fingerprint density at radius 2 is 1.76 bits per heavy atom. The molecule has 0 atom stereocenters. The summed E-state index contributed by atoms with van der Waals surface area (Å²) in [4.78, 5) is 4.77. The van der Waals surface area contributed by atoms with E-state index in [1.807, 2.05) is 12.1 Å². The Labute approximate surface area is 125 Å². The van der Waals surface area contributed by atoms with Gasteiger partial charge in [-0.3, -0.25) is 4.90 Å². The predicted molar refractivity (Wildman–Crippen MR) is 85.0 cm³/mol. The Bertz CT molecular complexity index is 603. The van der Waals surface area contributed by atoms with Gasteiger partial charge in [-0.15, -0.1) is 0 Å². The SMILES string of the molecule is Cc1ccccc1N(C)C1CN(Cc2ccc(F)cc2)C1. The van der Waals surface area contributed by atoms with Crippen LogP contribution in [0.25, 0.3) is 0 Å². The van der Waals surface area contributed by atoms with E-state index in [2.05, 4.69) is 48.0 Å². The van der Waals surface area contributed by atoms with Crippen LogP contribution in [0.5, 0.6) is 0 Å². The largest absolute Gasteiger partial charge is 0.369 e. The number of nitrogens with zero attached hydrogens (tertiary/aromatic N) is 2. The minimum absolute atomic E-state index is 0.167. The van der Waals surface area contributed by atoms with Crippen LogP contribution in [0, 0.1) is 12.7 Å². The van der Waals surface area contributed by atoms with Crippen LogP contribution in [-0.2, 0) is 6.54 Å². The minimum atomic E-state index is -0.167. The number of benzene rings is 2. The van der Waals surface area contributed by atoms with E-state index in [-0.39, 0.29) is 5.82 Å². The van der Waals surface area contributed by atoms with Crippen LogP contribution in [0.1, 0.15) is 11.1 Å². The standard InChI is InChI=1S/C18H21FN2/c1-14-5-3-4-6-18(14)20(2)17-12-21(13-17)11-15-7-9-16(19)10-8-15/h3-10,17H,11-13H2,1-2H3. The number of anilines is 1. The van der Waals surface area contributed by atoms with E-state index < -0.39 is 0 Å². The first kappa shape index (κ1) is 14.1. The molecule has 110 valence electrons. The smallest absolute Gasteiger partial charge is 0.123 e. The van der Waals surface area contributed by atoms with Gasteiger partial charge < -0.3 is 4.90 Å². The summed E-state index contributed by atoms with van der Waals surface area (Å²) in [6, 6.07) is 15.9. The maximum absolute atomic E-state index is 12.9. The summed E-state index contributed by atoms with van der Waals surface area (Å²) in [5.41, 5.74) is 3.80. The highest BCUT2D eigenvalue weighted by Gasteiger charge is 2.30. The van der Waals surface area contributed by atoms with Crippen LogP contribution < -0.4 is 4.90 Å². The number of hydrogen-bond donors (Lipinski definition) is 0. The van der Waals surface area contributed by atoms with E-state index in [4.69, 9.17) is 0 Å². The van der Waals surface area contributed by atoms with Crippen molar-refractivity contribution in [3.8, 4) is 0 Å². The first-order chi connectivity index (χ1) is 10.1. The minimum Gasteiger partial charge on any atom is -0.369 e. The molecule has 1 aliphatic heterocycles. The summed E-state index contributed by atoms with van der Waals surface area (Å²) < 4.78 is 12.9. The molecule has 0 aliphatic carbocycles. The number of likely N-dealkylation sites (N-methyl/N-ethyl adjacent to an activating group) is 1. The fraction of sp³-hybridized carbons (Fsp3) is 0.333. The summed E-state index contributed by atoms with van der Waals surface area (Å²) in [7, 11) is 2.17. The lowest BCUT2D eigenvalue weighted by atomic mass is 10.0. The molecule has 0 radical (unpaired) electrons. The molecule has 2 aromatic rings. The van der Waals surface area contributed by atoms with Gasteiger partial charge in [0.25, 0.3) is 0 Å². The molecule has 0 N–H and O–H groups in total. The molecule has 0 bridgehead atoms. The number of halogens is 1. The average Bonchev–Trinajstić information content (AvgIpc) is 2.44. The maximum Gasteiger partial charge on any atom is 0.123 e. The van der Waals surface area contributed by atoms with Crippen LogP contribution in [0.4, 0.5) is 10.1 Å². The second-order valence-electron chi connectivity index (χ2n) is 5.87. The molecular weight excluding hydrogens is 263 g/mol. The van der Waals surface area contributed by atoms with Crippen molar-refractivity contribution in [2.45, 2.75) is 19.5 Å². The van der Waals surface area contributed by atoms with Crippen molar-refractivity contribution in [1.82, 2.24) is 4.90 Å². The molecule has 2 nitrogen and oxygen atoms in total. The van der Waals surface area contributed by atoms with Crippen LogP contribution in [0.2, 0.25) is 0 Å². The number of aryl methyl sites for hydroxylation is 1. The molecule has 1 heterocycles. The van der Waals surface area contributed by atoms with E-state index in [1.54, 1.807) is 0 Å². The summed E-state index contributed by atoms with van der Waals surface area (Å²) in [5.74, 6) is -0.167. The van der Waals surface area contributed by atoms with E-state index in [0.717, 1.165) is 19.6 Å². The predicted octanol–water partition coefficient (Wildman–Crippen LogP) is 3.45. The normalized spacial score (nSPS) is 15.8. The van der Waals surface area contributed by atoms with Gasteiger partial charge in [-0.1, -0.05) is 30.3 Å². The van der Waals surface area contributed by atoms with Gasteiger partial charge in [-0.05, 0) is 36.2 Å². The van der Waals surface area contributed by atoms with Gasteiger partial charge in [0.15, 0.2) is 0 Å². The average molecular weight is 284 g/mol. The molecule has 3 heteroatoms. The van der Waals surface area contributed by atoms with Crippen LogP contribution >= 0.6 is 0 Å². The second-order valence-corrected chi connectivity index (χ2v) is 5.87. The molecule has 3 rings (SSSR count). The van der Waals surface area contributed by atoms with Crippen molar-refractivity contribution >= 4 is 5.69 Å². The molecule has 0 spiro atoms. The highest BCUT2D eigenvalue weighted by molar-refractivity contribution is 5.53. The van der Waals surface area contributed by atoms with Crippen molar-refractivity contribution in [3.05, 3.63) is 65.5 Å². The van der Waals surface area contributed by atoms with Gasteiger partial charge in [0.1, 0.15) is 5.82 Å². The highest BCUT2D eigenvalue weighted by atomic mass is 19.1. The van der Waals surface area contributed by atoms with Crippen LogP contribution in [0.15, 0.2) is 48.5 Å². The zero-order valence-electron chi connectivity index (χ0n) is 12.6. The van der Waals surface area contributed by atoms with Crippen LogP contribution in [-0.4, -0.2) is 31.1 Å². The maximum atomic E-state index is 12.9.